The van der Waals surface area contributed by atoms with Crippen molar-refractivity contribution >= 4 is 21.6 Å². The maximum absolute atomic E-state index is 4.89. The lowest BCUT2D eigenvalue weighted by molar-refractivity contribution is 0.181. The zero-order valence-electron chi connectivity index (χ0n) is 13.2. The molecule has 2 aliphatic heterocycles. The summed E-state index contributed by atoms with van der Waals surface area (Å²) in [5, 5.41) is 1.35. The molecule has 0 amide bonds. The van der Waals surface area contributed by atoms with Gasteiger partial charge in [-0.1, -0.05) is 12.1 Å². The van der Waals surface area contributed by atoms with Crippen molar-refractivity contribution in [2.75, 3.05) is 39.3 Å². The van der Waals surface area contributed by atoms with E-state index in [1.165, 1.54) is 80.2 Å². The third-order valence-corrected chi connectivity index (χ3v) is 6.30. The standard InChI is InChI=1S/C18H25N3S/c1-2-8-17-16(7-1)19-18(22-17)15-6-5-11-21(14-15)13-12-20-9-3-4-10-20/h1-2,7-8,15H,3-6,9-14H2. The quantitative estimate of drug-likeness (QED) is 0.860. The second kappa shape index (κ2) is 6.65. The van der Waals surface area contributed by atoms with Crippen molar-refractivity contribution in [3.63, 3.8) is 0 Å². The Bertz CT molecular complexity index is 585. The number of para-hydroxylation sites is 1. The maximum Gasteiger partial charge on any atom is 0.0982 e. The zero-order chi connectivity index (χ0) is 14.8. The first kappa shape index (κ1) is 14.6. The van der Waals surface area contributed by atoms with Crippen molar-refractivity contribution < 1.29 is 0 Å². The number of hydrogen-bond acceptors (Lipinski definition) is 4. The Hall–Kier alpha value is -0.970. The Morgan fingerprint density at radius 1 is 1.00 bits per heavy atom. The van der Waals surface area contributed by atoms with E-state index >= 15 is 0 Å². The van der Waals surface area contributed by atoms with E-state index in [1.807, 2.05) is 11.3 Å². The molecule has 0 N–H and O–H groups in total. The van der Waals surface area contributed by atoms with Crippen LogP contribution in [0.1, 0.15) is 36.6 Å². The number of thiazole rings is 1. The molecular formula is C18H25N3S. The smallest absolute Gasteiger partial charge is 0.0982 e. The highest BCUT2D eigenvalue weighted by molar-refractivity contribution is 7.18. The SMILES string of the molecule is c1ccc2sc(C3CCCN(CCN4CCCC4)C3)nc2c1. The van der Waals surface area contributed by atoms with E-state index in [0.29, 0.717) is 5.92 Å². The minimum Gasteiger partial charge on any atom is -0.302 e. The molecule has 0 radical (unpaired) electrons. The van der Waals surface area contributed by atoms with Gasteiger partial charge in [-0.15, -0.1) is 11.3 Å². The van der Waals surface area contributed by atoms with E-state index in [0.717, 1.165) is 0 Å². The van der Waals surface area contributed by atoms with Crippen molar-refractivity contribution in [1.29, 1.82) is 0 Å². The fourth-order valence-corrected chi connectivity index (χ4v) is 4.91. The largest absolute Gasteiger partial charge is 0.302 e. The van der Waals surface area contributed by atoms with Gasteiger partial charge in [-0.25, -0.2) is 4.98 Å². The molecule has 2 fully saturated rings. The minimum atomic E-state index is 0.643. The number of rotatable bonds is 4. The molecule has 2 saturated heterocycles. The first-order chi connectivity index (χ1) is 10.9. The third-order valence-electron chi connectivity index (χ3n) is 5.10. The van der Waals surface area contributed by atoms with Gasteiger partial charge in [0, 0.05) is 25.6 Å². The molecule has 0 aliphatic carbocycles. The van der Waals surface area contributed by atoms with E-state index in [1.54, 1.807) is 0 Å². The zero-order valence-corrected chi connectivity index (χ0v) is 14.0. The second-order valence-corrected chi connectivity index (χ2v) is 7.77. The van der Waals surface area contributed by atoms with Gasteiger partial charge in [-0.2, -0.15) is 0 Å². The van der Waals surface area contributed by atoms with Gasteiger partial charge in [0.1, 0.15) is 0 Å². The number of fused-ring (bicyclic) bond motifs is 1. The lowest BCUT2D eigenvalue weighted by Crippen LogP contribution is -2.39. The third kappa shape index (κ3) is 3.19. The van der Waals surface area contributed by atoms with Crippen LogP contribution in [0.5, 0.6) is 0 Å². The normalized spacial score (nSPS) is 24.3. The van der Waals surface area contributed by atoms with Gasteiger partial charge in [0.25, 0.3) is 0 Å². The lowest BCUT2D eigenvalue weighted by atomic mass is 9.99. The molecule has 1 aromatic carbocycles. The van der Waals surface area contributed by atoms with E-state index in [4.69, 9.17) is 4.98 Å². The van der Waals surface area contributed by atoms with E-state index in [2.05, 4.69) is 34.1 Å². The van der Waals surface area contributed by atoms with Crippen molar-refractivity contribution in [2.45, 2.75) is 31.6 Å². The van der Waals surface area contributed by atoms with Crippen molar-refractivity contribution in [3.8, 4) is 0 Å². The monoisotopic (exact) mass is 315 g/mol. The molecule has 0 bridgehead atoms. The molecule has 2 aromatic rings. The van der Waals surface area contributed by atoms with Crippen LogP contribution in [0.3, 0.4) is 0 Å². The summed E-state index contributed by atoms with van der Waals surface area (Å²) in [4.78, 5) is 10.2. The Balaban J connectivity index is 1.39. The highest BCUT2D eigenvalue weighted by Crippen LogP contribution is 2.32. The second-order valence-electron chi connectivity index (χ2n) is 6.71. The average molecular weight is 315 g/mol. The molecule has 0 saturated carbocycles. The Labute approximate surface area is 136 Å². The van der Waals surface area contributed by atoms with Gasteiger partial charge in [-0.05, 0) is 57.5 Å². The first-order valence-electron chi connectivity index (χ1n) is 8.69. The molecule has 4 rings (SSSR count). The molecular weight excluding hydrogens is 290 g/mol. The van der Waals surface area contributed by atoms with Crippen LogP contribution in [0.25, 0.3) is 10.2 Å². The van der Waals surface area contributed by atoms with Crippen molar-refractivity contribution in [2.24, 2.45) is 0 Å². The van der Waals surface area contributed by atoms with Crippen LogP contribution in [0.2, 0.25) is 0 Å². The Morgan fingerprint density at radius 3 is 2.64 bits per heavy atom. The van der Waals surface area contributed by atoms with Gasteiger partial charge < -0.3 is 9.80 Å². The van der Waals surface area contributed by atoms with Gasteiger partial charge in [0.2, 0.25) is 0 Å². The number of piperidine rings is 1. The minimum absolute atomic E-state index is 0.643. The molecule has 4 heteroatoms. The van der Waals surface area contributed by atoms with Gasteiger partial charge in [0.05, 0.1) is 15.2 Å². The van der Waals surface area contributed by atoms with Crippen LogP contribution in [0, 0.1) is 0 Å². The highest BCUT2D eigenvalue weighted by Gasteiger charge is 2.24. The number of nitrogens with zero attached hydrogens (tertiary/aromatic N) is 3. The van der Waals surface area contributed by atoms with Crippen LogP contribution >= 0.6 is 11.3 Å². The number of aromatic nitrogens is 1. The topological polar surface area (TPSA) is 19.4 Å². The molecule has 118 valence electrons. The van der Waals surface area contributed by atoms with Crippen LogP contribution in [0.15, 0.2) is 24.3 Å². The number of benzene rings is 1. The molecule has 1 atom stereocenters. The fraction of sp³-hybridized carbons (Fsp3) is 0.611. The molecule has 0 spiro atoms. The summed E-state index contributed by atoms with van der Waals surface area (Å²) in [5.74, 6) is 0.643. The van der Waals surface area contributed by atoms with Gasteiger partial charge in [0.15, 0.2) is 0 Å². The summed E-state index contributed by atoms with van der Waals surface area (Å²) in [6.07, 6.45) is 5.42. The summed E-state index contributed by atoms with van der Waals surface area (Å²) >= 11 is 1.90. The number of likely N-dealkylation sites (tertiary alicyclic amines) is 2. The summed E-state index contributed by atoms with van der Waals surface area (Å²) in [7, 11) is 0. The van der Waals surface area contributed by atoms with E-state index < -0.39 is 0 Å². The van der Waals surface area contributed by atoms with Crippen molar-refractivity contribution in [3.05, 3.63) is 29.3 Å². The predicted octanol–water partition coefficient (Wildman–Crippen LogP) is 3.57. The van der Waals surface area contributed by atoms with Gasteiger partial charge >= 0.3 is 0 Å². The fourth-order valence-electron chi connectivity index (χ4n) is 3.81. The molecule has 3 heterocycles. The Kier molecular flexibility index (Phi) is 4.42. The average Bonchev–Trinajstić information content (AvgIpc) is 3.22. The lowest BCUT2D eigenvalue weighted by Gasteiger charge is -2.32. The maximum atomic E-state index is 4.89. The van der Waals surface area contributed by atoms with E-state index in [-0.39, 0.29) is 0 Å². The molecule has 22 heavy (non-hydrogen) atoms. The van der Waals surface area contributed by atoms with Crippen LogP contribution in [-0.4, -0.2) is 54.1 Å². The first-order valence-corrected chi connectivity index (χ1v) is 9.50. The summed E-state index contributed by atoms with van der Waals surface area (Å²) < 4.78 is 1.34. The van der Waals surface area contributed by atoms with Crippen LogP contribution < -0.4 is 0 Å². The van der Waals surface area contributed by atoms with Crippen molar-refractivity contribution in [1.82, 2.24) is 14.8 Å². The molecule has 3 nitrogen and oxygen atoms in total. The van der Waals surface area contributed by atoms with E-state index in [9.17, 15) is 0 Å². The predicted molar refractivity (Wildman–Crippen MR) is 93.7 cm³/mol. The van der Waals surface area contributed by atoms with Crippen LogP contribution in [-0.2, 0) is 0 Å². The van der Waals surface area contributed by atoms with Gasteiger partial charge in [-0.3, -0.25) is 0 Å². The summed E-state index contributed by atoms with van der Waals surface area (Å²) in [5.41, 5.74) is 1.18. The Morgan fingerprint density at radius 2 is 1.77 bits per heavy atom. The number of hydrogen-bond donors (Lipinski definition) is 0. The highest BCUT2D eigenvalue weighted by atomic mass is 32.1. The molecule has 1 unspecified atom stereocenters. The van der Waals surface area contributed by atoms with Crippen LogP contribution in [0.4, 0.5) is 0 Å². The molecule has 1 aromatic heterocycles. The summed E-state index contributed by atoms with van der Waals surface area (Å²) in [6.45, 7) is 7.60. The molecule has 2 aliphatic rings. The summed E-state index contributed by atoms with van der Waals surface area (Å²) in [6, 6.07) is 8.55.